The molecule has 0 fully saturated rings. The lowest BCUT2D eigenvalue weighted by Crippen LogP contribution is -2.32. The van der Waals surface area contributed by atoms with Crippen LogP contribution in [-0.4, -0.2) is 40.0 Å². The number of para-hydroxylation sites is 1. The van der Waals surface area contributed by atoms with E-state index < -0.39 is 18.0 Å². The van der Waals surface area contributed by atoms with Crippen molar-refractivity contribution in [1.82, 2.24) is 15.0 Å². The van der Waals surface area contributed by atoms with Gasteiger partial charge in [-0.15, -0.1) is 11.3 Å². The van der Waals surface area contributed by atoms with E-state index in [1.54, 1.807) is 32.2 Å². The molecule has 0 aliphatic carbocycles. The number of hydrogen-bond acceptors (Lipinski definition) is 7. The Balaban J connectivity index is 1.27. The van der Waals surface area contributed by atoms with E-state index in [0.717, 1.165) is 22.2 Å². The summed E-state index contributed by atoms with van der Waals surface area (Å²) in [6, 6.07) is 20.6. The van der Waals surface area contributed by atoms with Gasteiger partial charge in [0.2, 0.25) is 0 Å². The Morgan fingerprint density at radius 2 is 1.84 bits per heavy atom. The van der Waals surface area contributed by atoms with E-state index in [1.165, 1.54) is 11.3 Å². The van der Waals surface area contributed by atoms with E-state index in [2.05, 4.69) is 20.3 Å². The summed E-state index contributed by atoms with van der Waals surface area (Å²) in [4.78, 5) is 38.2. The molecular weight excluding hydrogens is 500 g/mol. The molecule has 0 saturated carbocycles. The van der Waals surface area contributed by atoms with Crippen molar-refractivity contribution in [2.24, 2.45) is 0 Å². The van der Waals surface area contributed by atoms with Gasteiger partial charge in [0.15, 0.2) is 11.2 Å². The number of carbonyl (C=O) groups excluding carboxylic acids is 2. The highest BCUT2D eigenvalue weighted by atomic mass is 32.1. The molecule has 5 rings (SSSR count). The number of imidazole rings is 1. The van der Waals surface area contributed by atoms with Crippen LogP contribution in [0, 0.1) is 6.92 Å². The molecule has 2 N–H and O–H groups in total. The molecule has 5 aromatic rings. The van der Waals surface area contributed by atoms with Crippen LogP contribution in [0.25, 0.3) is 33.7 Å². The molecule has 1 amide bonds. The van der Waals surface area contributed by atoms with Crippen LogP contribution in [0.3, 0.4) is 0 Å². The number of aryl methyl sites for hydroxylation is 1. The number of anilines is 1. The Hall–Kier alpha value is -4.50. The molecule has 2 heterocycles. The SMILES string of the molecule is CCC(OC(=O)c1ccc2nc(-c3ccc(C)cc3)[nH]c2c1)C(=O)Nc1nc(-c2ccccc2OC)cs1. The lowest BCUT2D eigenvalue weighted by atomic mass is 10.1. The van der Waals surface area contributed by atoms with Crippen LogP contribution in [0.1, 0.15) is 29.3 Å². The summed E-state index contributed by atoms with van der Waals surface area (Å²) >= 11 is 1.29. The fraction of sp³-hybridized carbons (Fsp3) is 0.172. The standard InChI is InChI=1S/C29H26N4O4S/c1-4-24(27(34)33-29-32-23(16-38-29)20-7-5-6-8-25(20)36-3)37-28(35)19-13-14-21-22(15-19)31-26(30-21)18-11-9-17(2)10-12-18/h5-16,24H,4H2,1-3H3,(H,30,31)(H,32,33,34). The number of nitrogens with zero attached hydrogens (tertiary/aromatic N) is 2. The van der Waals surface area contributed by atoms with E-state index in [-0.39, 0.29) is 0 Å². The smallest absolute Gasteiger partial charge is 0.338 e. The maximum absolute atomic E-state index is 12.9. The minimum atomic E-state index is -0.971. The molecule has 0 aliphatic rings. The van der Waals surface area contributed by atoms with Crippen molar-refractivity contribution < 1.29 is 19.1 Å². The fourth-order valence-electron chi connectivity index (χ4n) is 4.00. The molecule has 1 unspecified atom stereocenters. The zero-order chi connectivity index (χ0) is 26.6. The zero-order valence-corrected chi connectivity index (χ0v) is 22.0. The number of nitrogens with one attached hydrogen (secondary N) is 2. The molecular formula is C29H26N4O4S. The quantitative estimate of drug-likeness (QED) is 0.232. The maximum atomic E-state index is 12.9. The van der Waals surface area contributed by atoms with Crippen molar-refractivity contribution in [2.75, 3.05) is 12.4 Å². The highest BCUT2D eigenvalue weighted by Crippen LogP contribution is 2.32. The second-order valence-corrected chi connectivity index (χ2v) is 9.57. The van der Waals surface area contributed by atoms with Crippen molar-refractivity contribution in [1.29, 1.82) is 0 Å². The predicted octanol–water partition coefficient (Wildman–Crippen LogP) is 6.24. The van der Waals surface area contributed by atoms with Gasteiger partial charge in [0.05, 0.1) is 29.4 Å². The van der Waals surface area contributed by atoms with Gasteiger partial charge in [-0.1, -0.05) is 48.9 Å². The monoisotopic (exact) mass is 526 g/mol. The van der Waals surface area contributed by atoms with Gasteiger partial charge >= 0.3 is 5.97 Å². The molecule has 2 aromatic heterocycles. The summed E-state index contributed by atoms with van der Waals surface area (Å²) < 4.78 is 11.0. The number of aromatic nitrogens is 3. The van der Waals surface area contributed by atoms with Gasteiger partial charge in [-0.2, -0.15) is 0 Å². The first-order valence-electron chi connectivity index (χ1n) is 12.1. The summed E-state index contributed by atoms with van der Waals surface area (Å²) in [5.41, 5.74) is 5.40. The van der Waals surface area contributed by atoms with Crippen molar-refractivity contribution in [3.8, 4) is 28.4 Å². The fourth-order valence-corrected chi connectivity index (χ4v) is 4.71. The lowest BCUT2D eigenvalue weighted by molar-refractivity contribution is -0.124. The Morgan fingerprint density at radius 1 is 1.05 bits per heavy atom. The molecule has 8 nitrogen and oxygen atoms in total. The number of H-pyrrole nitrogens is 1. The van der Waals surface area contributed by atoms with Gasteiger partial charge in [0, 0.05) is 16.5 Å². The van der Waals surface area contributed by atoms with Crippen molar-refractivity contribution in [2.45, 2.75) is 26.4 Å². The van der Waals surface area contributed by atoms with E-state index >= 15 is 0 Å². The van der Waals surface area contributed by atoms with E-state index in [1.807, 2.05) is 60.8 Å². The van der Waals surface area contributed by atoms with Gasteiger partial charge < -0.3 is 14.5 Å². The van der Waals surface area contributed by atoms with Crippen LogP contribution in [-0.2, 0) is 9.53 Å². The van der Waals surface area contributed by atoms with Crippen LogP contribution >= 0.6 is 11.3 Å². The van der Waals surface area contributed by atoms with E-state index in [4.69, 9.17) is 9.47 Å². The Morgan fingerprint density at radius 3 is 2.61 bits per heavy atom. The van der Waals surface area contributed by atoms with Crippen molar-refractivity contribution in [3.63, 3.8) is 0 Å². The average Bonchev–Trinajstić information content (AvgIpc) is 3.58. The number of fused-ring (bicyclic) bond motifs is 1. The molecule has 38 heavy (non-hydrogen) atoms. The van der Waals surface area contributed by atoms with Gasteiger partial charge in [0.25, 0.3) is 5.91 Å². The molecule has 0 saturated heterocycles. The number of ether oxygens (including phenoxy) is 2. The first-order chi connectivity index (χ1) is 18.4. The van der Waals surface area contributed by atoms with Crippen LogP contribution < -0.4 is 10.1 Å². The topological polar surface area (TPSA) is 106 Å². The van der Waals surface area contributed by atoms with Gasteiger partial charge in [-0.25, -0.2) is 14.8 Å². The molecule has 9 heteroatoms. The summed E-state index contributed by atoms with van der Waals surface area (Å²) in [7, 11) is 1.60. The second kappa shape index (κ2) is 10.9. The third-order valence-corrected chi connectivity index (χ3v) is 6.83. The minimum Gasteiger partial charge on any atom is -0.496 e. The number of rotatable bonds is 8. The molecule has 0 aliphatic heterocycles. The predicted molar refractivity (Wildman–Crippen MR) is 148 cm³/mol. The largest absolute Gasteiger partial charge is 0.496 e. The van der Waals surface area contributed by atoms with Crippen LogP contribution in [0.15, 0.2) is 72.1 Å². The molecule has 3 aromatic carbocycles. The molecule has 0 radical (unpaired) electrons. The van der Waals surface area contributed by atoms with Gasteiger partial charge in [0.1, 0.15) is 11.6 Å². The van der Waals surface area contributed by atoms with E-state index in [9.17, 15) is 9.59 Å². The minimum absolute atomic E-state index is 0.312. The van der Waals surface area contributed by atoms with Crippen LogP contribution in [0.2, 0.25) is 0 Å². The second-order valence-electron chi connectivity index (χ2n) is 8.71. The first-order valence-corrected chi connectivity index (χ1v) is 13.0. The lowest BCUT2D eigenvalue weighted by Gasteiger charge is -2.15. The third kappa shape index (κ3) is 5.28. The normalized spacial score (nSPS) is 11.8. The highest BCUT2D eigenvalue weighted by molar-refractivity contribution is 7.14. The summed E-state index contributed by atoms with van der Waals surface area (Å²) in [5.74, 6) is 0.379. The maximum Gasteiger partial charge on any atom is 0.338 e. The molecule has 192 valence electrons. The third-order valence-electron chi connectivity index (χ3n) is 6.07. The number of benzene rings is 3. The van der Waals surface area contributed by atoms with E-state index in [0.29, 0.717) is 39.9 Å². The summed E-state index contributed by atoms with van der Waals surface area (Å²) in [6.07, 6.45) is -0.659. The van der Waals surface area contributed by atoms with Gasteiger partial charge in [-0.05, 0) is 43.7 Å². The van der Waals surface area contributed by atoms with Crippen LogP contribution in [0.4, 0.5) is 5.13 Å². The Labute approximate surface area is 223 Å². The number of amides is 1. The highest BCUT2D eigenvalue weighted by Gasteiger charge is 2.24. The number of methoxy groups -OCH3 is 1. The van der Waals surface area contributed by atoms with Crippen molar-refractivity contribution >= 4 is 39.4 Å². The van der Waals surface area contributed by atoms with Gasteiger partial charge in [-0.3, -0.25) is 10.1 Å². The Kier molecular flexibility index (Phi) is 7.19. The first kappa shape index (κ1) is 25.2. The molecule has 0 bridgehead atoms. The number of carbonyl (C=O) groups is 2. The molecule has 1 atom stereocenters. The molecule has 0 spiro atoms. The number of thiazole rings is 1. The average molecular weight is 527 g/mol. The van der Waals surface area contributed by atoms with Crippen molar-refractivity contribution in [3.05, 3.63) is 83.2 Å². The Bertz CT molecular complexity index is 1610. The number of esters is 1. The van der Waals surface area contributed by atoms with Crippen LogP contribution in [0.5, 0.6) is 5.75 Å². The summed E-state index contributed by atoms with van der Waals surface area (Å²) in [6.45, 7) is 3.81. The summed E-state index contributed by atoms with van der Waals surface area (Å²) in [5, 5.41) is 5.02. The number of aromatic amines is 1. The number of hydrogen-bond donors (Lipinski definition) is 2. The zero-order valence-electron chi connectivity index (χ0n) is 21.1.